The van der Waals surface area contributed by atoms with Gasteiger partial charge in [-0.1, -0.05) is 35.9 Å². The number of hydrogen-bond donors (Lipinski definition) is 2. The molecule has 0 saturated carbocycles. The van der Waals surface area contributed by atoms with E-state index in [0.29, 0.717) is 33.6 Å². The fourth-order valence-corrected chi connectivity index (χ4v) is 3.16. The zero-order valence-electron chi connectivity index (χ0n) is 14.2. The molecule has 7 heteroatoms. The van der Waals surface area contributed by atoms with Crippen LogP contribution in [0.2, 0.25) is 5.02 Å². The third-order valence-electron chi connectivity index (χ3n) is 4.24. The third kappa shape index (κ3) is 3.52. The number of ketones is 1. The Balaban J connectivity index is 1.60. The number of rotatable bonds is 5. The standard InChI is InChI=1S/C20H15ClN4O2/c21-15-8-2-1-6-13(15)19(27)25-20-23-16-9-3-7-14(18(16)24-20)17(26)11-12-5-4-10-22-12/h1-4,6-10H,5,11H2,(H2,23,24,25,27). The fraction of sp³-hybridized carbons (Fsp3) is 0.100. The number of nitrogens with zero attached hydrogens (tertiary/aromatic N) is 2. The maximum absolute atomic E-state index is 12.6. The molecule has 4 rings (SSSR count). The van der Waals surface area contributed by atoms with Crippen molar-refractivity contribution in [3.05, 3.63) is 70.9 Å². The van der Waals surface area contributed by atoms with Gasteiger partial charge in [0.05, 0.1) is 16.1 Å². The number of aromatic nitrogens is 2. The second kappa shape index (κ2) is 7.17. The first-order chi connectivity index (χ1) is 13.1. The van der Waals surface area contributed by atoms with Gasteiger partial charge < -0.3 is 4.98 Å². The maximum atomic E-state index is 12.6. The number of allylic oxidation sites excluding steroid dienone is 1. The predicted octanol–water partition coefficient (Wildman–Crippen LogP) is 4.40. The highest BCUT2D eigenvalue weighted by atomic mass is 35.5. The van der Waals surface area contributed by atoms with Crippen LogP contribution in [0.5, 0.6) is 0 Å². The van der Waals surface area contributed by atoms with E-state index in [1.54, 1.807) is 48.7 Å². The Kier molecular flexibility index (Phi) is 4.56. The summed E-state index contributed by atoms with van der Waals surface area (Å²) in [5.74, 6) is -0.174. The molecule has 134 valence electrons. The van der Waals surface area contributed by atoms with Crippen LogP contribution < -0.4 is 5.32 Å². The summed E-state index contributed by atoms with van der Waals surface area (Å²) >= 11 is 6.06. The van der Waals surface area contributed by atoms with Gasteiger partial charge in [-0.2, -0.15) is 0 Å². The van der Waals surface area contributed by atoms with Crippen LogP contribution in [0.15, 0.2) is 59.7 Å². The van der Waals surface area contributed by atoms with Crippen molar-refractivity contribution in [1.82, 2.24) is 9.97 Å². The number of carbonyl (C=O) groups is 2. The van der Waals surface area contributed by atoms with Crippen molar-refractivity contribution >= 4 is 46.0 Å². The number of H-pyrrole nitrogens is 1. The molecule has 0 saturated heterocycles. The minimum absolute atomic E-state index is 0.0569. The van der Waals surface area contributed by atoms with Gasteiger partial charge in [0.2, 0.25) is 5.95 Å². The molecular formula is C20H15ClN4O2. The zero-order valence-corrected chi connectivity index (χ0v) is 15.0. The number of aliphatic imine (C=N–C) groups is 1. The number of amides is 1. The molecule has 0 radical (unpaired) electrons. The average Bonchev–Trinajstić information content (AvgIpc) is 3.30. The summed E-state index contributed by atoms with van der Waals surface area (Å²) in [5.41, 5.74) is 2.87. The van der Waals surface area contributed by atoms with Gasteiger partial charge in [-0.3, -0.25) is 19.9 Å². The van der Waals surface area contributed by atoms with Crippen LogP contribution in [0.25, 0.3) is 11.0 Å². The Morgan fingerprint density at radius 2 is 1.93 bits per heavy atom. The Labute approximate surface area is 160 Å². The van der Waals surface area contributed by atoms with E-state index in [1.165, 1.54) is 0 Å². The molecule has 2 heterocycles. The van der Waals surface area contributed by atoms with Gasteiger partial charge >= 0.3 is 0 Å². The number of carbonyl (C=O) groups excluding carboxylic acids is 2. The van der Waals surface area contributed by atoms with E-state index in [4.69, 9.17) is 11.6 Å². The number of Topliss-reactive ketones (excluding diaryl/α,β-unsaturated/α-hetero) is 1. The maximum Gasteiger partial charge on any atom is 0.259 e. The molecule has 0 bridgehead atoms. The highest BCUT2D eigenvalue weighted by Crippen LogP contribution is 2.22. The normalized spacial score (nSPS) is 13.0. The van der Waals surface area contributed by atoms with Crippen molar-refractivity contribution in [2.75, 3.05) is 5.32 Å². The van der Waals surface area contributed by atoms with Crippen LogP contribution in [0.3, 0.4) is 0 Å². The van der Waals surface area contributed by atoms with Gasteiger partial charge in [0, 0.05) is 30.3 Å². The summed E-state index contributed by atoms with van der Waals surface area (Å²) in [5, 5.41) is 3.05. The fourth-order valence-electron chi connectivity index (χ4n) is 2.93. The lowest BCUT2D eigenvalue weighted by Gasteiger charge is -2.03. The first kappa shape index (κ1) is 17.2. The van der Waals surface area contributed by atoms with Crippen molar-refractivity contribution in [3.63, 3.8) is 0 Å². The molecule has 0 fully saturated rings. The second-order valence-corrected chi connectivity index (χ2v) is 6.51. The number of fused-ring (bicyclic) bond motifs is 1. The predicted molar refractivity (Wildman–Crippen MR) is 106 cm³/mol. The zero-order chi connectivity index (χ0) is 18.8. The van der Waals surface area contributed by atoms with Crippen LogP contribution in [0.1, 0.15) is 33.6 Å². The number of halogens is 1. The van der Waals surface area contributed by atoms with Crippen LogP contribution in [0, 0.1) is 0 Å². The van der Waals surface area contributed by atoms with Crippen LogP contribution in [-0.4, -0.2) is 27.4 Å². The Morgan fingerprint density at radius 1 is 1.11 bits per heavy atom. The number of hydrogen-bond acceptors (Lipinski definition) is 4. The molecule has 0 spiro atoms. The quantitative estimate of drug-likeness (QED) is 0.645. The number of aromatic amines is 1. The molecule has 0 unspecified atom stereocenters. The molecule has 1 aliphatic heterocycles. The first-order valence-electron chi connectivity index (χ1n) is 8.40. The smallest absolute Gasteiger partial charge is 0.259 e. The minimum atomic E-state index is -0.376. The monoisotopic (exact) mass is 378 g/mol. The molecule has 6 nitrogen and oxygen atoms in total. The highest BCUT2D eigenvalue weighted by Gasteiger charge is 2.18. The summed E-state index contributed by atoms with van der Waals surface area (Å²) in [4.78, 5) is 36.7. The first-order valence-corrected chi connectivity index (χ1v) is 8.78. The Hall–Kier alpha value is -3.25. The van der Waals surface area contributed by atoms with E-state index in [1.807, 2.05) is 6.08 Å². The summed E-state index contributed by atoms with van der Waals surface area (Å²) in [6.45, 7) is 0. The molecule has 0 atom stereocenters. The molecule has 1 amide bonds. The van der Waals surface area contributed by atoms with Crippen LogP contribution >= 0.6 is 11.6 Å². The van der Waals surface area contributed by atoms with Crippen molar-refractivity contribution in [3.8, 4) is 0 Å². The van der Waals surface area contributed by atoms with Gasteiger partial charge in [0.1, 0.15) is 5.52 Å². The number of benzene rings is 2. The van der Waals surface area contributed by atoms with Crippen molar-refractivity contribution in [1.29, 1.82) is 0 Å². The molecule has 1 aliphatic rings. The van der Waals surface area contributed by atoms with Gasteiger partial charge in [-0.15, -0.1) is 0 Å². The van der Waals surface area contributed by atoms with E-state index < -0.39 is 0 Å². The Bertz CT molecular complexity index is 1110. The molecule has 1 aromatic heterocycles. The number of para-hydroxylation sites is 1. The third-order valence-corrected chi connectivity index (χ3v) is 4.57. The molecule has 0 aliphatic carbocycles. The van der Waals surface area contributed by atoms with E-state index in [-0.39, 0.29) is 24.1 Å². The molecule has 2 aromatic carbocycles. The van der Waals surface area contributed by atoms with Crippen molar-refractivity contribution in [2.45, 2.75) is 12.8 Å². The molecular weight excluding hydrogens is 364 g/mol. The average molecular weight is 379 g/mol. The Morgan fingerprint density at radius 3 is 2.70 bits per heavy atom. The lowest BCUT2D eigenvalue weighted by molar-refractivity contribution is 0.0999. The molecule has 2 N–H and O–H groups in total. The van der Waals surface area contributed by atoms with E-state index in [0.717, 1.165) is 5.71 Å². The van der Waals surface area contributed by atoms with Gasteiger partial charge in [-0.25, -0.2) is 4.98 Å². The van der Waals surface area contributed by atoms with Gasteiger partial charge in [0.25, 0.3) is 5.91 Å². The van der Waals surface area contributed by atoms with Crippen molar-refractivity contribution in [2.24, 2.45) is 4.99 Å². The largest absolute Gasteiger partial charge is 0.324 e. The topological polar surface area (TPSA) is 87.2 Å². The van der Waals surface area contributed by atoms with Crippen LogP contribution in [-0.2, 0) is 0 Å². The van der Waals surface area contributed by atoms with E-state index >= 15 is 0 Å². The number of nitrogens with one attached hydrogen (secondary N) is 2. The lowest BCUT2D eigenvalue weighted by Crippen LogP contribution is -2.13. The summed E-state index contributed by atoms with van der Waals surface area (Å²) in [6.07, 6.45) is 4.57. The van der Waals surface area contributed by atoms with Gasteiger partial charge in [-0.05, 0) is 24.3 Å². The summed E-state index contributed by atoms with van der Waals surface area (Å²) in [6, 6.07) is 12.1. The molecule has 27 heavy (non-hydrogen) atoms. The number of anilines is 1. The highest BCUT2D eigenvalue weighted by molar-refractivity contribution is 6.34. The number of imidazole rings is 1. The van der Waals surface area contributed by atoms with Crippen LogP contribution in [0.4, 0.5) is 5.95 Å². The SMILES string of the molecule is O=C(Nc1nc2c(C(=O)CC3=NC=CC3)cccc2[nH]1)c1ccccc1Cl. The minimum Gasteiger partial charge on any atom is -0.324 e. The van der Waals surface area contributed by atoms with E-state index in [2.05, 4.69) is 20.3 Å². The van der Waals surface area contributed by atoms with E-state index in [9.17, 15) is 9.59 Å². The van der Waals surface area contributed by atoms with Crippen molar-refractivity contribution < 1.29 is 9.59 Å². The lowest BCUT2D eigenvalue weighted by atomic mass is 10.0. The second-order valence-electron chi connectivity index (χ2n) is 6.11. The summed E-state index contributed by atoms with van der Waals surface area (Å²) < 4.78 is 0. The summed E-state index contributed by atoms with van der Waals surface area (Å²) in [7, 11) is 0. The van der Waals surface area contributed by atoms with Gasteiger partial charge in [0.15, 0.2) is 5.78 Å². The molecule has 3 aromatic rings.